The van der Waals surface area contributed by atoms with Crippen molar-refractivity contribution in [2.75, 3.05) is 23.8 Å². The summed E-state index contributed by atoms with van der Waals surface area (Å²) in [7, 11) is 0. The van der Waals surface area contributed by atoms with Gasteiger partial charge >= 0.3 is 0 Å². The molecule has 3 N–H and O–H groups in total. The number of rotatable bonds is 2. The van der Waals surface area contributed by atoms with Gasteiger partial charge in [-0.15, -0.1) is 0 Å². The molecule has 118 valence electrons. The third-order valence-electron chi connectivity index (χ3n) is 4.19. The van der Waals surface area contributed by atoms with Gasteiger partial charge in [-0.25, -0.2) is 9.97 Å². The van der Waals surface area contributed by atoms with Crippen molar-refractivity contribution in [2.24, 2.45) is 0 Å². The Morgan fingerprint density at radius 3 is 2.57 bits per heavy atom. The van der Waals surface area contributed by atoms with E-state index in [9.17, 15) is 5.11 Å². The first kappa shape index (κ1) is 16.0. The monoisotopic (exact) mass is 292 g/mol. The molecule has 1 aliphatic heterocycles. The average Bonchev–Trinajstić information content (AvgIpc) is 2.65. The minimum atomic E-state index is -0.142. The second-order valence-electron chi connectivity index (χ2n) is 7.01. The number of anilines is 2. The molecule has 1 atom stereocenters. The Balaban J connectivity index is 2.47. The molecule has 1 aliphatic rings. The summed E-state index contributed by atoms with van der Waals surface area (Å²) in [5.74, 6) is 2.21. The summed E-state index contributed by atoms with van der Waals surface area (Å²) >= 11 is 0. The van der Waals surface area contributed by atoms with Crippen molar-refractivity contribution in [2.45, 2.75) is 64.8 Å². The van der Waals surface area contributed by atoms with Crippen molar-refractivity contribution in [3.63, 3.8) is 0 Å². The van der Waals surface area contributed by atoms with E-state index in [2.05, 4.69) is 30.7 Å². The van der Waals surface area contributed by atoms with Crippen molar-refractivity contribution >= 4 is 11.6 Å². The number of nitrogen functional groups attached to an aromatic ring is 1. The fourth-order valence-corrected chi connectivity index (χ4v) is 2.78. The molecule has 1 fully saturated rings. The van der Waals surface area contributed by atoms with E-state index in [0.717, 1.165) is 43.0 Å². The number of nitrogens with two attached hydrogens (primary N) is 1. The van der Waals surface area contributed by atoms with Gasteiger partial charge in [-0.2, -0.15) is 0 Å². The second kappa shape index (κ2) is 6.18. The van der Waals surface area contributed by atoms with Crippen LogP contribution >= 0.6 is 0 Å². The zero-order valence-electron chi connectivity index (χ0n) is 13.7. The quantitative estimate of drug-likeness (QED) is 0.875. The van der Waals surface area contributed by atoms with E-state index in [4.69, 9.17) is 10.7 Å². The summed E-state index contributed by atoms with van der Waals surface area (Å²) in [4.78, 5) is 11.5. The third-order valence-corrected chi connectivity index (χ3v) is 4.19. The van der Waals surface area contributed by atoms with Gasteiger partial charge in [0, 0.05) is 17.5 Å². The average molecular weight is 292 g/mol. The first-order chi connectivity index (χ1) is 9.84. The molecule has 0 bridgehead atoms. The van der Waals surface area contributed by atoms with Crippen LogP contribution in [0, 0.1) is 6.92 Å². The van der Waals surface area contributed by atoms with Crippen LogP contribution in [0.5, 0.6) is 0 Å². The minimum Gasteiger partial charge on any atom is -0.394 e. The lowest BCUT2D eigenvalue weighted by atomic mass is 9.95. The number of aliphatic hydroxyl groups excluding tert-OH is 1. The predicted molar refractivity (Wildman–Crippen MR) is 86.6 cm³/mol. The molecule has 0 amide bonds. The summed E-state index contributed by atoms with van der Waals surface area (Å²) in [5.41, 5.74) is 6.89. The highest BCUT2D eigenvalue weighted by atomic mass is 16.3. The first-order valence-corrected chi connectivity index (χ1v) is 7.86. The van der Waals surface area contributed by atoms with Gasteiger partial charge in [-0.05, 0) is 19.8 Å². The van der Waals surface area contributed by atoms with Gasteiger partial charge in [-0.3, -0.25) is 0 Å². The fourth-order valence-electron chi connectivity index (χ4n) is 2.78. The second-order valence-corrected chi connectivity index (χ2v) is 7.01. The molecule has 21 heavy (non-hydrogen) atoms. The highest BCUT2D eigenvalue weighted by molar-refractivity contribution is 5.57. The van der Waals surface area contributed by atoms with Gasteiger partial charge in [0.25, 0.3) is 0 Å². The molecule has 1 aromatic heterocycles. The fraction of sp³-hybridized carbons (Fsp3) is 0.750. The molecule has 0 radical (unpaired) electrons. The van der Waals surface area contributed by atoms with E-state index in [-0.39, 0.29) is 18.1 Å². The van der Waals surface area contributed by atoms with E-state index in [1.807, 2.05) is 6.92 Å². The van der Waals surface area contributed by atoms with Gasteiger partial charge in [0.2, 0.25) is 0 Å². The van der Waals surface area contributed by atoms with Gasteiger partial charge in [0.15, 0.2) is 0 Å². The van der Waals surface area contributed by atoms with Crippen LogP contribution in [0.3, 0.4) is 0 Å². The Morgan fingerprint density at radius 2 is 1.95 bits per heavy atom. The van der Waals surface area contributed by atoms with E-state index in [0.29, 0.717) is 5.82 Å². The van der Waals surface area contributed by atoms with Crippen LogP contribution in [0.2, 0.25) is 0 Å². The maximum atomic E-state index is 9.72. The van der Waals surface area contributed by atoms with Crippen LogP contribution in [0.4, 0.5) is 11.6 Å². The number of hydrogen-bond donors (Lipinski definition) is 2. The molecular formula is C16H28N4O. The zero-order valence-corrected chi connectivity index (χ0v) is 13.7. The van der Waals surface area contributed by atoms with Crippen LogP contribution in [-0.4, -0.2) is 34.3 Å². The maximum absolute atomic E-state index is 9.72. The summed E-state index contributed by atoms with van der Waals surface area (Å²) in [6, 6.07) is 0.133. The molecule has 0 saturated carbocycles. The van der Waals surface area contributed by atoms with Crippen LogP contribution in [0.15, 0.2) is 0 Å². The molecule has 0 aliphatic carbocycles. The van der Waals surface area contributed by atoms with Crippen LogP contribution in [0.1, 0.15) is 57.8 Å². The molecule has 1 saturated heterocycles. The van der Waals surface area contributed by atoms with Gasteiger partial charge < -0.3 is 15.7 Å². The Bertz CT molecular complexity index is 496. The highest BCUT2D eigenvalue weighted by Gasteiger charge is 2.27. The van der Waals surface area contributed by atoms with Crippen LogP contribution in [0.25, 0.3) is 0 Å². The predicted octanol–water partition coefficient (Wildman–Crippen LogP) is 2.41. The molecule has 0 aromatic carbocycles. The lowest BCUT2D eigenvalue weighted by Crippen LogP contribution is -2.39. The molecule has 5 heteroatoms. The molecular weight excluding hydrogens is 264 g/mol. The summed E-state index contributed by atoms with van der Waals surface area (Å²) in [6.07, 6.45) is 4.50. The number of aliphatic hydroxyl groups is 1. The Hall–Kier alpha value is -1.36. The van der Waals surface area contributed by atoms with E-state index < -0.39 is 0 Å². The van der Waals surface area contributed by atoms with Gasteiger partial charge in [0.05, 0.1) is 12.6 Å². The zero-order chi connectivity index (χ0) is 15.6. The normalized spacial score (nSPS) is 20.4. The van der Waals surface area contributed by atoms with Crippen molar-refractivity contribution < 1.29 is 5.11 Å². The number of aromatic nitrogens is 2. The van der Waals surface area contributed by atoms with E-state index in [1.54, 1.807) is 0 Å². The molecule has 5 nitrogen and oxygen atoms in total. The largest absolute Gasteiger partial charge is 0.394 e. The Kier molecular flexibility index (Phi) is 4.71. The molecule has 2 rings (SSSR count). The smallest absolute Gasteiger partial charge is 0.138 e. The SMILES string of the molecule is Cc1c(N)nc(C(C)(C)C)nc1N1CCCCCC1CO. The topological polar surface area (TPSA) is 75.3 Å². The lowest BCUT2D eigenvalue weighted by molar-refractivity contribution is 0.254. The number of nitrogens with zero attached hydrogens (tertiary/aromatic N) is 3. The molecule has 0 spiro atoms. The first-order valence-electron chi connectivity index (χ1n) is 7.86. The van der Waals surface area contributed by atoms with Gasteiger partial charge in [0.1, 0.15) is 17.5 Å². The minimum absolute atomic E-state index is 0.133. The van der Waals surface area contributed by atoms with E-state index in [1.165, 1.54) is 6.42 Å². The summed E-state index contributed by atoms with van der Waals surface area (Å²) in [5, 5.41) is 9.72. The number of hydrogen-bond acceptors (Lipinski definition) is 5. The summed E-state index contributed by atoms with van der Waals surface area (Å²) < 4.78 is 0. The summed E-state index contributed by atoms with van der Waals surface area (Å²) in [6.45, 7) is 9.32. The Morgan fingerprint density at radius 1 is 1.24 bits per heavy atom. The van der Waals surface area contributed by atoms with Crippen LogP contribution < -0.4 is 10.6 Å². The van der Waals surface area contributed by atoms with Crippen molar-refractivity contribution in [3.05, 3.63) is 11.4 Å². The van der Waals surface area contributed by atoms with Crippen molar-refractivity contribution in [1.82, 2.24) is 9.97 Å². The molecule has 2 heterocycles. The third kappa shape index (κ3) is 3.46. The molecule has 1 aromatic rings. The van der Waals surface area contributed by atoms with E-state index >= 15 is 0 Å². The van der Waals surface area contributed by atoms with Crippen molar-refractivity contribution in [3.8, 4) is 0 Å². The Labute approximate surface area is 127 Å². The van der Waals surface area contributed by atoms with Crippen molar-refractivity contribution in [1.29, 1.82) is 0 Å². The lowest BCUT2D eigenvalue weighted by Gasteiger charge is -2.32. The highest BCUT2D eigenvalue weighted by Crippen LogP contribution is 2.30. The molecule has 1 unspecified atom stereocenters. The maximum Gasteiger partial charge on any atom is 0.138 e. The van der Waals surface area contributed by atoms with Crippen LogP contribution in [-0.2, 0) is 5.41 Å². The van der Waals surface area contributed by atoms with Gasteiger partial charge in [-0.1, -0.05) is 33.6 Å². The standard InChI is InChI=1S/C16H28N4O/c1-11-13(17)18-15(16(2,3)4)19-14(11)20-9-7-5-6-8-12(20)10-21/h12,21H,5-10H2,1-4H3,(H2,17,18,19).